The average Bonchev–Trinajstić information content (AvgIpc) is 0.681. The molecule has 9 fully saturated rings. The lowest BCUT2D eigenvalue weighted by atomic mass is 9.33. The number of rotatable bonds is 12. The summed E-state index contributed by atoms with van der Waals surface area (Å²) in [7, 11) is 0. The maximum absolute atomic E-state index is 15.4. The van der Waals surface area contributed by atoms with E-state index in [0.29, 0.717) is 32.1 Å². The minimum Gasteiger partial charge on any atom is -0.479 e. The number of carboxylic acids is 1. The maximum atomic E-state index is 15.4. The highest BCUT2D eigenvalue weighted by atomic mass is 16.8. The summed E-state index contributed by atoms with van der Waals surface area (Å²) in [5.41, 5.74) is -2.67. The molecule has 10 rings (SSSR count). The van der Waals surface area contributed by atoms with E-state index in [0.717, 1.165) is 18.4 Å². The number of fused-ring (bicyclic) bond motifs is 7. The molecule has 0 aromatic rings. The van der Waals surface area contributed by atoms with Gasteiger partial charge in [-0.1, -0.05) is 60.1 Å². The molecule has 85 heavy (non-hydrogen) atoms. The van der Waals surface area contributed by atoms with Crippen LogP contribution in [0.2, 0.25) is 0 Å². The lowest BCUT2D eigenvalue weighted by Gasteiger charge is -2.71. The van der Waals surface area contributed by atoms with Crippen LogP contribution in [-0.4, -0.2) is 262 Å². The van der Waals surface area contributed by atoms with Crippen LogP contribution in [0.3, 0.4) is 0 Å². The number of allylic oxidation sites excluding steroid dienone is 2. The van der Waals surface area contributed by atoms with Gasteiger partial charge in [-0.15, -0.1) is 0 Å². The minimum atomic E-state index is -2.07. The van der Waals surface area contributed by atoms with Crippen LogP contribution >= 0.6 is 0 Å². The van der Waals surface area contributed by atoms with Gasteiger partial charge in [0, 0.05) is 0 Å². The van der Waals surface area contributed by atoms with Gasteiger partial charge in [-0.05, 0) is 110 Å². The van der Waals surface area contributed by atoms with E-state index in [1.165, 1.54) is 6.92 Å². The van der Waals surface area contributed by atoms with Crippen LogP contribution in [0.4, 0.5) is 0 Å². The topological polar surface area (TPSA) is 430 Å². The number of ether oxygens (including phenoxy) is 10. The SMILES string of the molecule is CC1OC(OC2C(CO)OC(OC3C(OC(=O)C45CCC(C)(C)CC4C4=CCC6C7(C)CCC(OC8OC(C(=O)O)C(O)C(O)C8O)C(C)(C)C7CCC6(C)C4(C)CC5O)OCC(O)C3O)C(O)C2O)C(O)C(O)C1OC1OCC(O)C(O)C1O. The zero-order valence-electron chi connectivity index (χ0n) is 49.3. The molecule has 15 N–H and O–H groups in total. The molecule has 0 aromatic heterocycles. The Morgan fingerprint density at radius 2 is 1.15 bits per heavy atom. The normalized spacial score (nSPS) is 54.1. The molecule has 27 nitrogen and oxygen atoms in total. The van der Waals surface area contributed by atoms with Crippen molar-refractivity contribution in [3.63, 3.8) is 0 Å². The molecule has 0 spiro atoms. The van der Waals surface area contributed by atoms with E-state index in [4.69, 9.17) is 47.4 Å². The van der Waals surface area contributed by atoms with Gasteiger partial charge < -0.3 is 124 Å². The van der Waals surface area contributed by atoms with Crippen LogP contribution < -0.4 is 0 Å². The number of hydrogen-bond donors (Lipinski definition) is 15. The standard InChI is InChI=1S/C58H92O27/c1-22-42(81-47-38(69)32(63)25(60)20-76-47)36(67)40(71)48(78-22)82-43-27(19-59)79-49(41(72)37(43)68)84-45-33(64)26(61)21-77-51(45)85-52(75)58-16-15-53(2,3)17-24(58)23-9-10-29-55(6)13-12-31(80-50-39(70)34(65)35(66)44(83-50)46(73)74)54(4,5)28(55)11-14-56(29,7)57(23,8)18-30(58)62/h9,22,24-45,47-51,59-72H,10-21H2,1-8H3,(H,73,74). The Labute approximate surface area is 492 Å². The first-order valence-corrected chi connectivity index (χ1v) is 30.1. The average molecular weight is 1220 g/mol. The number of hydrogen-bond acceptors (Lipinski definition) is 26. The maximum Gasteiger partial charge on any atom is 0.335 e. The van der Waals surface area contributed by atoms with Crippen molar-refractivity contribution in [3.8, 4) is 0 Å². The predicted molar refractivity (Wildman–Crippen MR) is 284 cm³/mol. The summed E-state index contributed by atoms with van der Waals surface area (Å²) in [4.78, 5) is 27.4. The van der Waals surface area contributed by atoms with Crippen molar-refractivity contribution in [1.29, 1.82) is 0 Å². The fourth-order valence-electron chi connectivity index (χ4n) is 17.5. The van der Waals surface area contributed by atoms with Crippen molar-refractivity contribution < 1.29 is 134 Å². The van der Waals surface area contributed by atoms with Crippen LogP contribution in [-0.2, 0) is 57.0 Å². The molecule has 5 aliphatic heterocycles. The van der Waals surface area contributed by atoms with E-state index in [-0.39, 0.29) is 35.5 Å². The van der Waals surface area contributed by atoms with E-state index in [1.807, 2.05) is 0 Å². The van der Waals surface area contributed by atoms with Gasteiger partial charge >= 0.3 is 11.9 Å². The van der Waals surface area contributed by atoms with Crippen LogP contribution in [0.25, 0.3) is 0 Å². The van der Waals surface area contributed by atoms with Gasteiger partial charge in [0.05, 0.1) is 38.1 Å². The Balaban J connectivity index is 0.844. The molecule has 0 amide bonds. The minimum absolute atomic E-state index is 0.0560. The van der Waals surface area contributed by atoms with Crippen molar-refractivity contribution in [2.24, 2.45) is 50.2 Å². The van der Waals surface area contributed by atoms with Gasteiger partial charge in [-0.25, -0.2) is 4.79 Å². The first-order chi connectivity index (χ1) is 39.7. The summed E-state index contributed by atoms with van der Waals surface area (Å²) >= 11 is 0. The first kappa shape index (κ1) is 65.7. The molecule has 32 atom stereocenters. The fraction of sp³-hybridized carbons (Fsp3) is 0.931. The number of carbonyl (C=O) groups is 2. The second-order valence-corrected chi connectivity index (χ2v) is 28.3. The molecule has 5 saturated heterocycles. The quantitative estimate of drug-likeness (QED) is 0.0532. The van der Waals surface area contributed by atoms with Crippen LogP contribution in [0, 0.1) is 50.2 Å². The van der Waals surface area contributed by atoms with Gasteiger partial charge in [-0.2, -0.15) is 0 Å². The summed E-state index contributed by atoms with van der Waals surface area (Å²) in [5.74, 6) is -2.74. The molecule has 27 heteroatoms. The number of aliphatic hydroxyl groups is 14. The summed E-state index contributed by atoms with van der Waals surface area (Å²) in [5, 5.41) is 163. The number of carbonyl (C=O) groups excluding carboxylic acids is 1. The van der Waals surface area contributed by atoms with Crippen LogP contribution in [0.1, 0.15) is 113 Å². The van der Waals surface area contributed by atoms with Crippen molar-refractivity contribution in [2.45, 2.75) is 267 Å². The van der Waals surface area contributed by atoms with Crippen molar-refractivity contribution >= 4 is 11.9 Å². The summed E-state index contributed by atoms with van der Waals surface area (Å²) in [6, 6.07) is 0. The molecule has 0 radical (unpaired) electrons. The van der Waals surface area contributed by atoms with Crippen molar-refractivity contribution in [1.82, 2.24) is 0 Å². The number of aliphatic hydroxyl groups excluding tert-OH is 14. The number of aliphatic carboxylic acids is 1. The second-order valence-electron chi connectivity index (χ2n) is 28.3. The highest BCUT2D eigenvalue weighted by Gasteiger charge is 2.72. The Kier molecular flexibility index (Phi) is 18.4. The molecular formula is C58H92O27. The predicted octanol–water partition coefficient (Wildman–Crippen LogP) is -2.84. The lowest BCUT2D eigenvalue weighted by molar-refractivity contribution is -0.383. The van der Waals surface area contributed by atoms with E-state index >= 15 is 4.79 Å². The van der Waals surface area contributed by atoms with Crippen molar-refractivity contribution in [2.75, 3.05) is 19.8 Å². The van der Waals surface area contributed by atoms with Gasteiger partial charge in [0.2, 0.25) is 6.29 Å². The second kappa shape index (κ2) is 23.8. The molecular weight excluding hydrogens is 1130 g/mol. The molecule has 5 aliphatic carbocycles. The zero-order chi connectivity index (χ0) is 62.2. The molecule has 4 saturated carbocycles. The highest BCUT2D eigenvalue weighted by Crippen LogP contribution is 2.76. The van der Waals surface area contributed by atoms with E-state index < -0.39 is 213 Å². The Morgan fingerprint density at radius 1 is 0.576 bits per heavy atom. The monoisotopic (exact) mass is 1220 g/mol. The van der Waals surface area contributed by atoms with E-state index in [2.05, 4.69) is 54.5 Å². The third-order valence-corrected chi connectivity index (χ3v) is 22.7. The zero-order valence-corrected chi connectivity index (χ0v) is 49.3. The van der Waals surface area contributed by atoms with Crippen LogP contribution in [0.5, 0.6) is 0 Å². The third-order valence-electron chi connectivity index (χ3n) is 22.7. The number of esters is 1. The van der Waals surface area contributed by atoms with Gasteiger partial charge in [-0.3, -0.25) is 4.79 Å². The third kappa shape index (κ3) is 10.9. The largest absolute Gasteiger partial charge is 0.479 e. The molecule has 0 aromatic carbocycles. The Bertz CT molecular complexity index is 2430. The molecule has 0 bridgehead atoms. The van der Waals surface area contributed by atoms with Crippen LogP contribution in [0.15, 0.2) is 11.6 Å². The van der Waals surface area contributed by atoms with Gasteiger partial charge in [0.15, 0.2) is 37.4 Å². The smallest absolute Gasteiger partial charge is 0.335 e. The van der Waals surface area contributed by atoms with Crippen molar-refractivity contribution in [3.05, 3.63) is 11.6 Å². The summed E-state index contributed by atoms with van der Waals surface area (Å²) in [6.07, 6.45) is -34.1. The van der Waals surface area contributed by atoms with E-state index in [9.17, 15) is 81.4 Å². The highest BCUT2D eigenvalue weighted by molar-refractivity contribution is 5.80. The summed E-state index contributed by atoms with van der Waals surface area (Å²) < 4.78 is 58.8. The molecule has 32 unspecified atom stereocenters. The fourth-order valence-corrected chi connectivity index (χ4v) is 17.5. The van der Waals surface area contributed by atoms with Gasteiger partial charge in [0.25, 0.3) is 0 Å². The molecule has 10 aliphatic rings. The van der Waals surface area contributed by atoms with E-state index in [1.54, 1.807) is 0 Å². The summed E-state index contributed by atoms with van der Waals surface area (Å²) in [6.45, 7) is 14.8. The van der Waals surface area contributed by atoms with Gasteiger partial charge in [0.1, 0.15) is 97.0 Å². The molecule has 486 valence electrons. The number of carboxylic acid groups (broad SMARTS) is 1. The Morgan fingerprint density at radius 3 is 1.81 bits per heavy atom. The Hall–Kier alpha value is -2.24. The lowest BCUT2D eigenvalue weighted by Crippen LogP contribution is -2.68. The first-order valence-electron chi connectivity index (χ1n) is 30.1. The molecule has 5 heterocycles.